The number of hydrogen-bond acceptors (Lipinski definition) is 5. The Kier molecular flexibility index (Phi) is 4.12. The lowest BCUT2D eigenvalue weighted by Crippen LogP contribution is -2.50. The Labute approximate surface area is 156 Å². The molecule has 1 aromatic rings. The van der Waals surface area contributed by atoms with Crippen molar-refractivity contribution in [1.82, 2.24) is 4.90 Å². The Balaban J connectivity index is 1.41. The Morgan fingerprint density at radius 2 is 1.78 bits per heavy atom. The van der Waals surface area contributed by atoms with Crippen molar-refractivity contribution in [2.45, 2.75) is 76.5 Å². The molecule has 27 heavy (non-hydrogen) atoms. The standard InChI is InChI=1S/C19H23F2NO5/c1-18(2,3)27-17(23)22-11-4-5-12(22)9-14(8-11)24-13-6-7-15-16(10-13)26-19(20,21)25-15/h6-7,10-12,14H,4-5,8-9H2,1-3H3/t11-,12+,14?. The monoisotopic (exact) mass is 383 g/mol. The van der Waals surface area contributed by atoms with Crippen molar-refractivity contribution >= 4 is 6.09 Å². The number of amides is 1. The Morgan fingerprint density at radius 3 is 2.41 bits per heavy atom. The normalized spacial score (nSPS) is 28.2. The van der Waals surface area contributed by atoms with Crippen molar-refractivity contribution < 1.29 is 32.5 Å². The topological polar surface area (TPSA) is 57.2 Å². The van der Waals surface area contributed by atoms with Crippen molar-refractivity contribution in [3.63, 3.8) is 0 Å². The summed E-state index contributed by atoms with van der Waals surface area (Å²) in [5.74, 6) is 0.406. The third-order valence-electron chi connectivity index (χ3n) is 4.97. The van der Waals surface area contributed by atoms with Crippen LogP contribution in [0.25, 0.3) is 0 Å². The molecule has 0 aromatic heterocycles. The summed E-state index contributed by atoms with van der Waals surface area (Å²) in [7, 11) is 0. The number of alkyl halides is 2. The largest absolute Gasteiger partial charge is 0.586 e. The van der Waals surface area contributed by atoms with E-state index in [9.17, 15) is 13.6 Å². The predicted molar refractivity (Wildman–Crippen MR) is 91.2 cm³/mol. The smallest absolute Gasteiger partial charge is 0.490 e. The van der Waals surface area contributed by atoms with E-state index >= 15 is 0 Å². The van der Waals surface area contributed by atoms with Gasteiger partial charge in [0.1, 0.15) is 17.5 Å². The third-order valence-corrected chi connectivity index (χ3v) is 4.97. The number of ether oxygens (including phenoxy) is 4. The van der Waals surface area contributed by atoms with Crippen molar-refractivity contribution in [1.29, 1.82) is 0 Å². The molecule has 1 aromatic carbocycles. The van der Waals surface area contributed by atoms with Crippen molar-refractivity contribution in [2.75, 3.05) is 0 Å². The average molecular weight is 383 g/mol. The molecule has 3 atom stereocenters. The van der Waals surface area contributed by atoms with Crippen LogP contribution in [0.5, 0.6) is 17.2 Å². The fourth-order valence-electron chi connectivity index (χ4n) is 4.03. The minimum atomic E-state index is -3.64. The second-order valence-electron chi connectivity index (χ2n) is 8.26. The zero-order valence-electron chi connectivity index (χ0n) is 15.5. The van der Waals surface area contributed by atoms with E-state index in [4.69, 9.17) is 9.47 Å². The molecule has 0 spiro atoms. The fourth-order valence-corrected chi connectivity index (χ4v) is 4.03. The van der Waals surface area contributed by atoms with Crippen LogP contribution in [0.1, 0.15) is 46.5 Å². The number of nitrogens with zero attached hydrogens (tertiary/aromatic N) is 1. The summed E-state index contributed by atoms with van der Waals surface area (Å²) >= 11 is 0. The van der Waals surface area contributed by atoms with Gasteiger partial charge in [0.15, 0.2) is 11.5 Å². The molecule has 2 fully saturated rings. The highest BCUT2D eigenvalue weighted by Crippen LogP contribution is 2.44. The van der Waals surface area contributed by atoms with Crippen LogP contribution in [0.3, 0.4) is 0 Å². The molecule has 4 rings (SSSR count). The second-order valence-corrected chi connectivity index (χ2v) is 8.26. The van der Waals surface area contributed by atoms with E-state index in [2.05, 4.69) is 9.47 Å². The van der Waals surface area contributed by atoms with Gasteiger partial charge in [-0.3, -0.25) is 0 Å². The van der Waals surface area contributed by atoms with Gasteiger partial charge in [-0.25, -0.2) is 4.79 Å². The fraction of sp³-hybridized carbons (Fsp3) is 0.632. The van der Waals surface area contributed by atoms with E-state index in [1.807, 2.05) is 25.7 Å². The predicted octanol–water partition coefficient (Wildman–Crippen LogP) is 4.32. The molecular formula is C19H23F2NO5. The van der Waals surface area contributed by atoms with Crippen LogP contribution < -0.4 is 14.2 Å². The first kappa shape index (κ1) is 18.1. The van der Waals surface area contributed by atoms with Crippen molar-refractivity contribution in [3.05, 3.63) is 18.2 Å². The quantitative estimate of drug-likeness (QED) is 0.761. The molecule has 1 unspecified atom stereocenters. The van der Waals surface area contributed by atoms with Crippen LogP contribution in [-0.2, 0) is 4.74 Å². The van der Waals surface area contributed by atoms with E-state index in [1.165, 1.54) is 12.1 Å². The molecule has 3 heterocycles. The molecule has 3 aliphatic heterocycles. The first-order valence-corrected chi connectivity index (χ1v) is 9.17. The van der Waals surface area contributed by atoms with E-state index in [1.54, 1.807) is 6.07 Å². The number of benzene rings is 1. The van der Waals surface area contributed by atoms with E-state index in [0.717, 1.165) is 12.8 Å². The molecule has 2 bridgehead atoms. The molecular weight excluding hydrogens is 360 g/mol. The lowest BCUT2D eigenvalue weighted by molar-refractivity contribution is -0.286. The Hall–Kier alpha value is -2.25. The number of carbonyl (C=O) groups excluding carboxylic acids is 1. The summed E-state index contributed by atoms with van der Waals surface area (Å²) < 4.78 is 46.7. The van der Waals surface area contributed by atoms with Crippen LogP contribution in [0, 0.1) is 0 Å². The molecule has 3 aliphatic rings. The SMILES string of the molecule is CC(C)(C)OC(=O)N1[C@@H]2CC[C@H]1CC(Oc1ccc3c(c1)OC(F)(F)O3)C2. The molecule has 2 saturated heterocycles. The van der Waals surface area contributed by atoms with Crippen molar-refractivity contribution in [3.8, 4) is 17.2 Å². The van der Waals surface area contributed by atoms with E-state index in [0.29, 0.717) is 18.6 Å². The summed E-state index contributed by atoms with van der Waals surface area (Å²) in [6.45, 7) is 5.56. The molecule has 0 N–H and O–H groups in total. The zero-order chi connectivity index (χ0) is 19.4. The second kappa shape index (κ2) is 6.14. The molecule has 6 nitrogen and oxygen atoms in total. The average Bonchev–Trinajstić information content (AvgIpc) is 2.97. The maximum absolute atomic E-state index is 13.1. The van der Waals surface area contributed by atoms with Gasteiger partial charge in [0.2, 0.25) is 0 Å². The number of piperidine rings is 1. The number of carbonyl (C=O) groups is 1. The highest BCUT2D eigenvalue weighted by atomic mass is 19.3. The summed E-state index contributed by atoms with van der Waals surface area (Å²) in [5.41, 5.74) is -0.529. The van der Waals surface area contributed by atoms with Gasteiger partial charge in [0, 0.05) is 31.0 Å². The van der Waals surface area contributed by atoms with Crippen LogP contribution in [0.15, 0.2) is 18.2 Å². The molecule has 0 saturated carbocycles. The minimum Gasteiger partial charge on any atom is -0.490 e. The molecule has 0 radical (unpaired) electrons. The summed E-state index contributed by atoms with van der Waals surface area (Å²) in [4.78, 5) is 14.3. The van der Waals surface area contributed by atoms with E-state index in [-0.39, 0.29) is 35.8 Å². The lowest BCUT2D eigenvalue weighted by atomic mass is 10.00. The van der Waals surface area contributed by atoms with E-state index < -0.39 is 11.9 Å². The Bertz CT molecular complexity index is 734. The van der Waals surface area contributed by atoms with Gasteiger partial charge in [-0.1, -0.05) is 0 Å². The third kappa shape index (κ3) is 3.75. The molecule has 1 amide bonds. The maximum atomic E-state index is 13.1. The summed E-state index contributed by atoms with van der Waals surface area (Å²) in [5, 5.41) is 0. The van der Waals surface area contributed by atoms with Crippen LogP contribution in [0.4, 0.5) is 13.6 Å². The summed E-state index contributed by atoms with van der Waals surface area (Å²) in [6, 6.07) is 4.56. The van der Waals surface area contributed by atoms with Gasteiger partial charge in [-0.15, -0.1) is 8.78 Å². The first-order valence-electron chi connectivity index (χ1n) is 9.17. The zero-order valence-corrected chi connectivity index (χ0v) is 15.5. The van der Waals surface area contributed by atoms with Gasteiger partial charge in [0.25, 0.3) is 0 Å². The van der Waals surface area contributed by atoms with Gasteiger partial charge in [-0.05, 0) is 45.7 Å². The van der Waals surface area contributed by atoms with Gasteiger partial charge < -0.3 is 23.8 Å². The van der Waals surface area contributed by atoms with Crippen molar-refractivity contribution in [2.24, 2.45) is 0 Å². The van der Waals surface area contributed by atoms with Gasteiger partial charge in [-0.2, -0.15) is 0 Å². The number of hydrogen-bond donors (Lipinski definition) is 0. The van der Waals surface area contributed by atoms with Crippen LogP contribution in [0.2, 0.25) is 0 Å². The lowest BCUT2D eigenvalue weighted by Gasteiger charge is -2.39. The number of rotatable bonds is 2. The minimum absolute atomic E-state index is 0.00726. The van der Waals surface area contributed by atoms with Crippen LogP contribution in [-0.4, -0.2) is 41.1 Å². The molecule has 0 aliphatic carbocycles. The summed E-state index contributed by atoms with van der Waals surface area (Å²) in [6.07, 6.45) is -0.825. The number of fused-ring (bicyclic) bond motifs is 3. The number of halogens is 2. The first-order chi connectivity index (χ1) is 12.6. The van der Waals surface area contributed by atoms with Gasteiger partial charge in [0.05, 0.1) is 0 Å². The Morgan fingerprint density at radius 1 is 1.15 bits per heavy atom. The highest BCUT2D eigenvalue weighted by Gasteiger charge is 2.46. The molecule has 148 valence electrons. The highest BCUT2D eigenvalue weighted by molar-refractivity contribution is 5.69. The van der Waals surface area contributed by atoms with Crippen LogP contribution >= 0.6 is 0 Å². The molecule has 8 heteroatoms. The van der Waals surface area contributed by atoms with Gasteiger partial charge >= 0.3 is 12.4 Å². The maximum Gasteiger partial charge on any atom is 0.586 e.